The Morgan fingerprint density at radius 3 is 2.50 bits per heavy atom. The number of nitrogens with one attached hydrogen (secondary N) is 1. The second-order valence-electron chi connectivity index (χ2n) is 4.46. The standard InChI is InChI=1S/C16H10N4OS/c17-10-11-6-8-13(9-7-11)18-16(21)14-15(22-20-19-14)12-4-2-1-3-5-12/h1-9H,(H,18,21). The molecule has 0 unspecified atom stereocenters. The fraction of sp³-hybridized carbons (Fsp3) is 0. The minimum Gasteiger partial charge on any atom is -0.321 e. The molecule has 0 bridgehead atoms. The van der Waals surface area contributed by atoms with Crippen LogP contribution in [0.15, 0.2) is 54.6 Å². The van der Waals surface area contributed by atoms with E-state index in [0.717, 1.165) is 10.4 Å². The summed E-state index contributed by atoms with van der Waals surface area (Å²) in [5.41, 5.74) is 2.34. The molecule has 5 nitrogen and oxygen atoms in total. The Bertz CT molecular complexity index is 835. The summed E-state index contributed by atoms with van der Waals surface area (Å²) >= 11 is 1.18. The van der Waals surface area contributed by atoms with Crippen LogP contribution in [0.2, 0.25) is 0 Å². The Balaban J connectivity index is 1.84. The molecule has 1 amide bonds. The molecule has 0 atom stereocenters. The molecule has 6 heteroatoms. The third-order valence-electron chi connectivity index (χ3n) is 3.01. The van der Waals surface area contributed by atoms with E-state index in [1.165, 1.54) is 11.5 Å². The Morgan fingerprint density at radius 2 is 1.82 bits per heavy atom. The maximum atomic E-state index is 12.4. The molecule has 0 radical (unpaired) electrons. The Kier molecular flexibility index (Phi) is 3.90. The van der Waals surface area contributed by atoms with Gasteiger partial charge in [0.1, 0.15) is 0 Å². The first-order valence-corrected chi connectivity index (χ1v) is 7.24. The molecule has 3 rings (SSSR count). The molecule has 1 heterocycles. The van der Waals surface area contributed by atoms with E-state index in [9.17, 15) is 4.79 Å². The third-order valence-corrected chi connectivity index (χ3v) is 3.79. The Labute approximate surface area is 131 Å². The maximum absolute atomic E-state index is 12.4. The maximum Gasteiger partial charge on any atom is 0.277 e. The average Bonchev–Trinajstić information content (AvgIpc) is 3.06. The zero-order valence-electron chi connectivity index (χ0n) is 11.4. The fourth-order valence-corrected chi connectivity index (χ4v) is 2.60. The highest BCUT2D eigenvalue weighted by molar-refractivity contribution is 7.09. The molecule has 1 aromatic heterocycles. The van der Waals surface area contributed by atoms with Crippen molar-refractivity contribution in [2.24, 2.45) is 0 Å². The van der Waals surface area contributed by atoms with Crippen molar-refractivity contribution in [1.82, 2.24) is 9.59 Å². The van der Waals surface area contributed by atoms with Crippen LogP contribution < -0.4 is 5.32 Å². The van der Waals surface area contributed by atoms with E-state index in [0.29, 0.717) is 16.9 Å². The summed E-state index contributed by atoms with van der Waals surface area (Å²) < 4.78 is 3.88. The largest absolute Gasteiger partial charge is 0.321 e. The van der Waals surface area contributed by atoms with Crippen LogP contribution in [0.25, 0.3) is 10.4 Å². The number of carbonyl (C=O) groups excluding carboxylic acids is 1. The van der Waals surface area contributed by atoms with Gasteiger partial charge in [0.25, 0.3) is 5.91 Å². The van der Waals surface area contributed by atoms with Gasteiger partial charge >= 0.3 is 0 Å². The summed E-state index contributed by atoms with van der Waals surface area (Å²) in [6.07, 6.45) is 0. The number of nitrogens with zero attached hydrogens (tertiary/aromatic N) is 3. The first-order chi connectivity index (χ1) is 10.8. The second kappa shape index (κ2) is 6.16. The van der Waals surface area contributed by atoms with Crippen LogP contribution in [0, 0.1) is 11.3 Å². The summed E-state index contributed by atoms with van der Waals surface area (Å²) in [5.74, 6) is -0.322. The highest BCUT2D eigenvalue weighted by atomic mass is 32.1. The van der Waals surface area contributed by atoms with Crippen LogP contribution in [-0.4, -0.2) is 15.5 Å². The van der Waals surface area contributed by atoms with E-state index >= 15 is 0 Å². The van der Waals surface area contributed by atoms with Gasteiger partial charge in [-0.2, -0.15) is 5.26 Å². The molecular weight excluding hydrogens is 296 g/mol. The number of hydrogen-bond donors (Lipinski definition) is 1. The monoisotopic (exact) mass is 306 g/mol. The van der Waals surface area contributed by atoms with Crippen molar-refractivity contribution in [3.63, 3.8) is 0 Å². The predicted molar refractivity (Wildman–Crippen MR) is 84.5 cm³/mol. The van der Waals surface area contributed by atoms with Gasteiger partial charge in [-0.25, -0.2) is 0 Å². The third kappa shape index (κ3) is 2.85. The summed E-state index contributed by atoms with van der Waals surface area (Å²) in [6, 6.07) is 18.2. The number of anilines is 1. The van der Waals surface area contributed by atoms with Gasteiger partial charge in [-0.1, -0.05) is 34.8 Å². The van der Waals surface area contributed by atoms with Crippen molar-refractivity contribution < 1.29 is 4.79 Å². The Morgan fingerprint density at radius 1 is 1.09 bits per heavy atom. The molecule has 22 heavy (non-hydrogen) atoms. The van der Waals surface area contributed by atoms with E-state index < -0.39 is 0 Å². The summed E-state index contributed by atoms with van der Waals surface area (Å²) in [7, 11) is 0. The van der Waals surface area contributed by atoms with Crippen LogP contribution in [0.1, 0.15) is 16.1 Å². The number of nitriles is 1. The fourth-order valence-electron chi connectivity index (χ4n) is 1.94. The van der Waals surface area contributed by atoms with Crippen LogP contribution in [0.5, 0.6) is 0 Å². The molecule has 2 aromatic carbocycles. The van der Waals surface area contributed by atoms with Gasteiger partial charge in [0, 0.05) is 5.69 Å². The molecule has 0 aliphatic heterocycles. The zero-order chi connectivity index (χ0) is 15.4. The topological polar surface area (TPSA) is 78.7 Å². The first kappa shape index (κ1) is 13.9. The van der Waals surface area contributed by atoms with E-state index in [2.05, 4.69) is 14.9 Å². The number of amides is 1. The van der Waals surface area contributed by atoms with Crippen LogP contribution >= 0.6 is 11.5 Å². The normalized spacial score (nSPS) is 9.95. The number of benzene rings is 2. The van der Waals surface area contributed by atoms with Crippen molar-refractivity contribution in [1.29, 1.82) is 5.26 Å². The van der Waals surface area contributed by atoms with E-state index in [1.54, 1.807) is 24.3 Å². The van der Waals surface area contributed by atoms with Crippen molar-refractivity contribution in [2.75, 3.05) is 5.32 Å². The van der Waals surface area contributed by atoms with Crippen molar-refractivity contribution >= 4 is 23.1 Å². The van der Waals surface area contributed by atoms with Crippen molar-refractivity contribution in [2.45, 2.75) is 0 Å². The average molecular weight is 306 g/mol. The molecule has 0 spiro atoms. The quantitative estimate of drug-likeness (QED) is 0.805. The first-order valence-electron chi connectivity index (χ1n) is 6.47. The molecule has 1 N–H and O–H groups in total. The van der Waals surface area contributed by atoms with Gasteiger partial charge in [-0.05, 0) is 41.4 Å². The summed E-state index contributed by atoms with van der Waals surface area (Å²) in [4.78, 5) is 13.1. The Hall–Kier alpha value is -3.04. The van der Waals surface area contributed by atoms with E-state index in [-0.39, 0.29) is 5.91 Å². The van der Waals surface area contributed by atoms with Crippen LogP contribution in [-0.2, 0) is 0 Å². The van der Waals surface area contributed by atoms with Gasteiger partial charge in [0.05, 0.1) is 16.5 Å². The van der Waals surface area contributed by atoms with Crippen molar-refractivity contribution in [3.8, 4) is 16.5 Å². The molecular formula is C16H10N4OS. The highest BCUT2D eigenvalue weighted by Gasteiger charge is 2.17. The molecule has 0 saturated carbocycles. The smallest absolute Gasteiger partial charge is 0.277 e. The van der Waals surface area contributed by atoms with E-state index in [1.807, 2.05) is 36.4 Å². The molecule has 0 aliphatic rings. The molecule has 106 valence electrons. The van der Waals surface area contributed by atoms with Crippen LogP contribution in [0.4, 0.5) is 5.69 Å². The lowest BCUT2D eigenvalue weighted by Gasteiger charge is -2.04. The minimum absolute atomic E-state index is 0.292. The molecule has 3 aromatic rings. The zero-order valence-corrected chi connectivity index (χ0v) is 12.2. The molecule has 0 fully saturated rings. The lowest BCUT2D eigenvalue weighted by atomic mass is 10.1. The van der Waals surface area contributed by atoms with Crippen LogP contribution in [0.3, 0.4) is 0 Å². The lowest BCUT2D eigenvalue weighted by Crippen LogP contribution is -2.13. The number of hydrogen-bond acceptors (Lipinski definition) is 5. The SMILES string of the molecule is N#Cc1ccc(NC(=O)c2nnsc2-c2ccccc2)cc1. The number of rotatable bonds is 3. The summed E-state index contributed by atoms with van der Waals surface area (Å²) in [5, 5.41) is 15.5. The predicted octanol–water partition coefficient (Wildman–Crippen LogP) is 3.33. The van der Waals surface area contributed by atoms with Gasteiger partial charge < -0.3 is 5.32 Å². The van der Waals surface area contributed by atoms with Gasteiger partial charge in [0.15, 0.2) is 5.69 Å². The lowest BCUT2D eigenvalue weighted by molar-refractivity contribution is 0.102. The van der Waals surface area contributed by atoms with E-state index in [4.69, 9.17) is 5.26 Å². The molecule has 0 saturated heterocycles. The van der Waals surface area contributed by atoms with Gasteiger partial charge in [-0.15, -0.1) is 5.10 Å². The number of carbonyl (C=O) groups is 1. The second-order valence-corrected chi connectivity index (χ2v) is 5.21. The minimum atomic E-state index is -0.322. The van der Waals surface area contributed by atoms with Gasteiger partial charge in [0.2, 0.25) is 0 Å². The number of aromatic nitrogens is 2. The van der Waals surface area contributed by atoms with Crippen molar-refractivity contribution in [3.05, 3.63) is 65.9 Å². The molecule has 0 aliphatic carbocycles. The highest BCUT2D eigenvalue weighted by Crippen LogP contribution is 2.26. The summed E-state index contributed by atoms with van der Waals surface area (Å²) in [6.45, 7) is 0. The van der Waals surface area contributed by atoms with Gasteiger partial charge in [-0.3, -0.25) is 4.79 Å².